The summed E-state index contributed by atoms with van der Waals surface area (Å²) in [6, 6.07) is 9.29. The number of benzene rings is 1. The van der Waals surface area contributed by atoms with Crippen molar-refractivity contribution in [2.45, 2.75) is 31.7 Å². The Morgan fingerprint density at radius 3 is 2.72 bits per heavy atom. The van der Waals surface area contributed by atoms with Crippen molar-refractivity contribution in [3.8, 4) is 0 Å². The van der Waals surface area contributed by atoms with Crippen molar-refractivity contribution < 1.29 is 9.53 Å². The number of ether oxygens (including phenoxy) is 1. The first-order valence-electron chi connectivity index (χ1n) is 10.4. The van der Waals surface area contributed by atoms with E-state index in [1.165, 1.54) is 11.1 Å². The molecule has 2 N–H and O–H groups in total. The van der Waals surface area contributed by atoms with E-state index < -0.39 is 5.69 Å². The van der Waals surface area contributed by atoms with Gasteiger partial charge in [-0.3, -0.25) is 14.7 Å². The summed E-state index contributed by atoms with van der Waals surface area (Å²) in [5.41, 5.74) is 2.47. The lowest BCUT2D eigenvalue weighted by molar-refractivity contribution is 0.0563. The van der Waals surface area contributed by atoms with Crippen LogP contribution in [-0.2, 0) is 17.6 Å². The molecule has 0 saturated carbocycles. The first-order valence-corrected chi connectivity index (χ1v) is 10.4. The first-order chi connectivity index (χ1) is 14.1. The summed E-state index contributed by atoms with van der Waals surface area (Å²) in [7, 11) is 1.62. The van der Waals surface area contributed by atoms with Crippen LogP contribution in [0.15, 0.2) is 29.1 Å². The van der Waals surface area contributed by atoms with Crippen LogP contribution >= 0.6 is 0 Å². The Balaban J connectivity index is 1.40. The van der Waals surface area contributed by atoms with Gasteiger partial charge in [-0.2, -0.15) is 0 Å². The summed E-state index contributed by atoms with van der Waals surface area (Å²) in [5, 5.41) is 6.07. The summed E-state index contributed by atoms with van der Waals surface area (Å²) < 4.78 is 5.19. The molecule has 8 heteroatoms. The van der Waals surface area contributed by atoms with Crippen molar-refractivity contribution >= 4 is 5.91 Å². The molecular weight excluding hydrogens is 370 g/mol. The number of nitrogens with one attached hydrogen (secondary N) is 2. The van der Waals surface area contributed by atoms with Gasteiger partial charge in [-0.05, 0) is 49.3 Å². The Labute approximate surface area is 170 Å². The van der Waals surface area contributed by atoms with Crippen LogP contribution in [0.2, 0.25) is 0 Å². The van der Waals surface area contributed by atoms with Crippen LogP contribution in [0.1, 0.15) is 34.6 Å². The molecule has 1 aliphatic heterocycles. The minimum Gasteiger partial charge on any atom is -0.383 e. The fraction of sp³-hybridized carbons (Fsp3) is 0.571. The van der Waals surface area contributed by atoms with Crippen molar-refractivity contribution in [3.63, 3.8) is 0 Å². The average Bonchev–Trinajstić information content (AvgIpc) is 3.37. The van der Waals surface area contributed by atoms with Crippen LogP contribution < -0.4 is 5.69 Å². The molecule has 156 valence electrons. The Bertz CT molecular complexity index is 867. The molecule has 1 atom stereocenters. The van der Waals surface area contributed by atoms with E-state index in [1.54, 1.807) is 12.0 Å². The average molecular weight is 399 g/mol. The highest BCUT2D eigenvalue weighted by atomic mass is 16.5. The van der Waals surface area contributed by atoms with Gasteiger partial charge in [-0.15, -0.1) is 5.10 Å². The lowest BCUT2D eigenvalue weighted by Crippen LogP contribution is -2.47. The normalized spacial score (nSPS) is 20.0. The molecule has 0 spiro atoms. The van der Waals surface area contributed by atoms with Gasteiger partial charge in [0.05, 0.1) is 6.61 Å². The number of hydrogen-bond donors (Lipinski definition) is 2. The van der Waals surface area contributed by atoms with Crippen LogP contribution in [0, 0.1) is 5.92 Å². The van der Waals surface area contributed by atoms with Gasteiger partial charge in [-0.25, -0.2) is 9.89 Å². The molecule has 1 aromatic carbocycles. The van der Waals surface area contributed by atoms with E-state index in [0.29, 0.717) is 31.7 Å². The summed E-state index contributed by atoms with van der Waals surface area (Å²) in [4.78, 5) is 31.0. The molecule has 0 radical (unpaired) electrons. The number of rotatable bonds is 7. The third-order valence-electron chi connectivity index (χ3n) is 6.13. The van der Waals surface area contributed by atoms with Crippen molar-refractivity contribution in [3.05, 3.63) is 51.7 Å². The number of carbonyl (C=O) groups excluding carboxylic acids is 1. The highest BCUT2D eigenvalue weighted by Gasteiger charge is 2.32. The second kappa shape index (κ2) is 8.92. The molecule has 2 aromatic rings. The number of aromatic nitrogens is 3. The molecule has 1 aliphatic carbocycles. The van der Waals surface area contributed by atoms with Crippen LogP contribution in [0.25, 0.3) is 0 Å². The number of H-pyrrole nitrogens is 2. The minimum absolute atomic E-state index is 0.0602. The van der Waals surface area contributed by atoms with Gasteiger partial charge in [-0.1, -0.05) is 24.3 Å². The standard InChI is InChI=1S/C21H29N5O3/c1-29-10-9-26(20(27)19-22-21(28)24-23-19)14-15-5-4-8-25(13-15)18-11-16-6-2-3-7-17(16)12-18/h2-3,6-7,15,18H,4-5,8-14H2,1H3,(H2,22,23,24,28)/t15-/m1/s1. The van der Waals surface area contributed by atoms with Crippen LogP contribution in [-0.4, -0.2) is 76.8 Å². The maximum atomic E-state index is 12.8. The predicted molar refractivity (Wildman–Crippen MR) is 109 cm³/mol. The zero-order chi connectivity index (χ0) is 20.2. The Hall–Kier alpha value is -2.45. The number of nitrogens with zero attached hydrogens (tertiary/aromatic N) is 3. The van der Waals surface area contributed by atoms with Gasteiger partial charge < -0.3 is 9.64 Å². The van der Waals surface area contributed by atoms with Gasteiger partial charge in [0.1, 0.15) is 0 Å². The molecule has 29 heavy (non-hydrogen) atoms. The highest BCUT2D eigenvalue weighted by molar-refractivity contribution is 5.90. The van der Waals surface area contributed by atoms with Gasteiger partial charge in [0.25, 0.3) is 5.91 Å². The number of piperidine rings is 1. The number of hydrogen-bond acceptors (Lipinski definition) is 5. The summed E-state index contributed by atoms with van der Waals surface area (Å²) in [5.74, 6) is 0.203. The zero-order valence-electron chi connectivity index (χ0n) is 16.9. The number of carbonyl (C=O) groups is 1. The monoisotopic (exact) mass is 399 g/mol. The van der Waals surface area contributed by atoms with Crippen molar-refractivity contribution in [2.75, 3.05) is 39.9 Å². The third kappa shape index (κ3) is 4.59. The number of likely N-dealkylation sites (tertiary alicyclic amines) is 1. The molecule has 2 heterocycles. The van der Waals surface area contributed by atoms with Crippen LogP contribution in [0.3, 0.4) is 0 Å². The molecule has 1 amide bonds. The molecule has 0 unspecified atom stereocenters. The summed E-state index contributed by atoms with van der Waals surface area (Å²) in [6.07, 6.45) is 4.47. The molecule has 1 saturated heterocycles. The van der Waals surface area contributed by atoms with Crippen LogP contribution in [0.4, 0.5) is 0 Å². The van der Waals surface area contributed by atoms with Crippen molar-refractivity contribution in [2.24, 2.45) is 5.92 Å². The fourth-order valence-corrected chi connectivity index (χ4v) is 4.68. The van der Waals surface area contributed by atoms with Gasteiger partial charge in [0.2, 0.25) is 5.82 Å². The minimum atomic E-state index is -0.468. The van der Waals surface area contributed by atoms with Gasteiger partial charge in [0.15, 0.2) is 0 Å². The van der Waals surface area contributed by atoms with Gasteiger partial charge >= 0.3 is 5.69 Å². The first kappa shape index (κ1) is 19.8. The van der Waals surface area contributed by atoms with E-state index in [-0.39, 0.29) is 11.7 Å². The maximum Gasteiger partial charge on any atom is 0.341 e. The van der Waals surface area contributed by atoms with E-state index >= 15 is 0 Å². The molecule has 0 bridgehead atoms. The SMILES string of the molecule is COCCN(C[C@@H]1CCCN(C2Cc3ccccc3C2)C1)C(=O)c1n[nH]c(=O)[nH]1. The highest BCUT2D eigenvalue weighted by Crippen LogP contribution is 2.29. The summed E-state index contributed by atoms with van der Waals surface area (Å²) >= 11 is 0. The van der Waals surface area contributed by atoms with E-state index in [1.807, 2.05) is 0 Å². The van der Waals surface area contributed by atoms with Crippen LogP contribution in [0.5, 0.6) is 0 Å². The van der Waals surface area contributed by atoms with Crippen molar-refractivity contribution in [1.29, 1.82) is 0 Å². The Kier molecular flexibility index (Phi) is 6.10. The number of aromatic amines is 2. The van der Waals surface area contributed by atoms with E-state index in [9.17, 15) is 9.59 Å². The maximum absolute atomic E-state index is 12.8. The number of amides is 1. The van der Waals surface area contributed by atoms with Crippen molar-refractivity contribution in [1.82, 2.24) is 25.0 Å². The molecular formula is C21H29N5O3. The molecule has 2 aliphatic rings. The molecule has 4 rings (SSSR count). The quantitative estimate of drug-likeness (QED) is 0.726. The Morgan fingerprint density at radius 1 is 1.31 bits per heavy atom. The number of fused-ring (bicyclic) bond motifs is 1. The lowest BCUT2D eigenvalue weighted by atomic mass is 9.95. The second-order valence-electron chi connectivity index (χ2n) is 8.10. The third-order valence-corrected chi connectivity index (χ3v) is 6.13. The topological polar surface area (TPSA) is 94.3 Å². The Morgan fingerprint density at radius 2 is 2.07 bits per heavy atom. The molecule has 1 aromatic heterocycles. The second-order valence-corrected chi connectivity index (χ2v) is 8.10. The van der Waals surface area contributed by atoms with Gasteiger partial charge in [0, 0.05) is 32.8 Å². The molecule has 8 nitrogen and oxygen atoms in total. The lowest BCUT2D eigenvalue weighted by Gasteiger charge is -2.38. The smallest absolute Gasteiger partial charge is 0.341 e. The summed E-state index contributed by atoms with van der Waals surface area (Å²) in [6.45, 7) is 3.69. The zero-order valence-corrected chi connectivity index (χ0v) is 16.9. The van der Waals surface area contributed by atoms with E-state index in [4.69, 9.17) is 4.74 Å². The van der Waals surface area contributed by atoms with E-state index in [0.717, 1.165) is 38.8 Å². The number of methoxy groups -OCH3 is 1. The predicted octanol–water partition coefficient (Wildman–Crippen LogP) is 1.07. The fourth-order valence-electron chi connectivity index (χ4n) is 4.68. The van der Waals surface area contributed by atoms with E-state index in [2.05, 4.69) is 44.3 Å². The largest absolute Gasteiger partial charge is 0.383 e. The molecule has 1 fully saturated rings.